The first kappa shape index (κ1) is 12.8. The molecule has 0 aromatic heterocycles. The van der Waals surface area contributed by atoms with Gasteiger partial charge in [-0.2, -0.15) is 0 Å². The molecule has 0 heterocycles. The van der Waals surface area contributed by atoms with Gasteiger partial charge in [-0.05, 0) is 40.5 Å². The van der Waals surface area contributed by atoms with Crippen molar-refractivity contribution in [2.45, 2.75) is 13.3 Å². The second-order valence-corrected chi connectivity index (χ2v) is 4.20. The summed E-state index contributed by atoms with van der Waals surface area (Å²) in [4.78, 5) is 0. The van der Waals surface area contributed by atoms with Gasteiger partial charge in [0, 0.05) is 18.7 Å². The van der Waals surface area contributed by atoms with Crippen molar-refractivity contribution >= 4 is 27.5 Å². The molecule has 0 spiro atoms. The van der Waals surface area contributed by atoms with Crippen molar-refractivity contribution in [1.29, 1.82) is 0 Å². The largest absolute Gasteiger partial charge is 0.409 e. The van der Waals surface area contributed by atoms with Gasteiger partial charge in [-0.1, -0.05) is 5.16 Å². The van der Waals surface area contributed by atoms with E-state index >= 15 is 0 Å². The summed E-state index contributed by atoms with van der Waals surface area (Å²) >= 11 is 3.11. The Balaban J connectivity index is 2.64. The molecule has 4 nitrogen and oxygen atoms in total. The summed E-state index contributed by atoms with van der Waals surface area (Å²) in [5.41, 5.74) is 6.94. The van der Waals surface area contributed by atoms with Gasteiger partial charge in [-0.3, -0.25) is 0 Å². The highest BCUT2D eigenvalue weighted by Gasteiger charge is 2.04. The van der Waals surface area contributed by atoms with Crippen molar-refractivity contribution < 1.29 is 9.60 Å². The van der Waals surface area contributed by atoms with E-state index in [1.165, 1.54) is 6.07 Å². The van der Waals surface area contributed by atoms with E-state index in [9.17, 15) is 4.39 Å². The van der Waals surface area contributed by atoms with E-state index in [1.54, 1.807) is 13.0 Å². The smallest absolute Gasteiger partial charge is 0.140 e. The normalized spacial score (nSPS) is 11.6. The first-order chi connectivity index (χ1) is 7.54. The number of nitrogens with zero attached hydrogens (tertiary/aromatic N) is 1. The molecule has 1 rings (SSSR count). The Bertz CT molecular complexity index is 409. The van der Waals surface area contributed by atoms with Crippen LogP contribution in [-0.4, -0.2) is 17.6 Å². The number of hydrogen-bond donors (Lipinski definition) is 3. The maximum absolute atomic E-state index is 13.1. The van der Waals surface area contributed by atoms with Crippen molar-refractivity contribution in [3.8, 4) is 0 Å². The highest BCUT2D eigenvalue weighted by molar-refractivity contribution is 9.10. The number of anilines is 1. The van der Waals surface area contributed by atoms with E-state index in [4.69, 9.17) is 10.9 Å². The molecule has 0 aliphatic heterocycles. The van der Waals surface area contributed by atoms with Crippen molar-refractivity contribution in [1.82, 2.24) is 0 Å². The minimum absolute atomic E-state index is 0.159. The molecule has 0 aliphatic carbocycles. The highest BCUT2D eigenvalue weighted by Crippen LogP contribution is 2.24. The zero-order valence-electron chi connectivity index (χ0n) is 8.80. The molecule has 0 fully saturated rings. The van der Waals surface area contributed by atoms with Crippen LogP contribution in [0.1, 0.15) is 12.0 Å². The fourth-order valence-electron chi connectivity index (χ4n) is 1.21. The molecule has 0 radical (unpaired) electrons. The standard InChI is InChI=1S/C10H13BrFN3O/c1-6-4-8(12)7(11)5-9(6)14-3-2-10(13)15-16/h4-5,14,16H,2-3H2,1H3,(H2,13,15). The minimum atomic E-state index is -0.292. The zero-order valence-corrected chi connectivity index (χ0v) is 10.4. The molecule has 0 unspecified atom stereocenters. The molecule has 0 bridgehead atoms. The van der Waals surface area contributed by atoms with Gasteiger partial charge < -0.3 is 16.3 Å². The van der Waals surface area contributed by atoms with Gasteiger partial charge >= 0.3 is 0 Å². The molecular weight excluding hydrogens is 277 g/mol. The summed E-state index contributed by atoms with van der Waals surface area (Å²) in [6.45, 7) is 2.33. The Morgan fingerprint density at radius 1 is 1.62 bits per heavy atom. The summed E-state index contributed by atoms with van der Waals surface area (Å²) in [5, 5.41) is 14.3. The molecule has 0 atom stereocenters. The Labute approximate surface area is 101 Å². The fourth-order valence-corrected chi connectivity index (χ4v) is 1.56. The molecule has 16 heavy (non-hydrogen) atoms. The Morgan fingerprint density at radius 3 is 2.94 bits per heavy atom. The van der Waals surface area contributed by atoms with E-state index in [-0.39, 0.29) is 11.7 Å². The lowest BCUT2D eigenvalue weighted by Crippen LogP contribution is -2.16. The first-order valence-corrected chi connectivity index (χ1v) is 5.50. The summed E-state index contributed by atoms with van der Waals surface area (Å²) in [5.74, 6) is -0.134. The number of rotatable bonds is 4. The molecule has 6 heteroatoms. The minimum Gasteiger partial charge on any atom is -0.409 e. The lowest BCUT2D eigenvalue weighted by molar-refractivity contribution is 0.317. The SMILES string of the molecule is Cc1cc(F)c(Br)cc1NCC/C(N)=N/O. The van der Waals surface area contributed by atoms with Gasteiger partial charge in [0.25, 0.3) is 0 Å². The molecule has 4 N–H and O–H groups in total. The molecule has 1 aromatic carbocycles. The first-order valence-electron chi connectivity index (χ1n) is 4.70. The van der Waals surface area contributed by atoms with Crippen molar-refractivity contribution in [2.75, 3.05) is 11.9 Å². The van der Waals surface area contributed by atoms with Crippen molar-refractivity contribution in [2.24, 2.45) is 10.9 Å². The van der Waals surface area contributed by atoms with Gasteiger partial charge in [0.05, 0.1) is 4.47 Å². The van der Waals surface area contributed by atoms with Crippen molar-refractivity contribution in [3.63, 3.8) is 0 Å². The number of oxime groups is 1. The average molecular weight is 290 g/mol. The van der Waals surface area contributed by atoms with Crippen LogP contribution in [0.2, 0.25) is 0 Å². The second-order valence-electron chi connectivity index (χ2n) is 3.35. The van der Waals surface area contributed by atoms with Gasteiger partial charge in [0.2, 0.25) is 0 Å². The van der Waals surface area contributed by atoms with E-state index in [0.717, 1.165) is 11.3 Å². The Kier molecular flexibility index (Phi) is 4.54. The maximum atomic E-state index is 13.1. The van der Waals surface area contributed by atoms with E-state index in [1.807, 2.05) is 0 Å². The van der Waals surface area contributed by atoms with Crippen LogP contribution in [0.5, 0.6) is 0 Å². The number of halogens is 2. The van der Waals surface area contributed by atoms with Crippen LogP contribution in [-0.2, 0) is 0 Å². The van der Waals surface area contributed by atoms with Crippen LogP contribution in [0.4, 0.5) is 10.1 Å². The van der Waals surface area contributed by atoms with Crippen LogP contribution in [0.3, 0.4) is 0 Å². The van der Waals surface area contributed by atoms with Gasteiger partial charge in [0.15, 0.2) is 0 Å². The predicted molar refractivity (Wildman–Crippen MR) is 65.4 cm³/mol. The fraction of sp³-hybridized carbons (Fsp3) is 0.300. The molecule has 0 amide bonds. The monoisotopic (exact) mass is 289 g/mol. The highest BCUT2D eigenvalue weighted by atomic mass is 79.9. The van der Waals surface area contributed by atoms with Gasteiger partial charge in [-0.15, -0.1) is 0 Å². The van der Waals surface area contributed by atoms with Crippen LogP contribution < -0.4 is 11.1 Å². The van der Waals surface area contributed by atoms with Crippen LogP contribution in [0, 0.1) is 12.7 Å². The summed E-state index contributed by atoms with van der Waals surface area (Å²) < 4.78 is 13.5. The molecule has 88 valence electrons. The maximum Gasteiger partial charge on any atom is 0.140 e. The summed E-state index contributed by atoms with van der Waals surface area (Å²) in [6.07, 6.45) is 0.422. The third-order valence-electron chi connectivity index (χ3n) is 2.09. The number of aryl methyl sites for hydroxylation is 1. The zero-order chi connectivity index (χ0) is 12.1. The number of benzene rings is 1. The number of amidine groups is 1. The molecular formula is C10H13BrFN3O. The van der Waals surface area contributed by atoms with Gasteiger partial charge in [0.1, 0.15) is 11.7 Å². The summed E-state index contributed by atoms with van der Waals surface area (Å²) in [7, 11) is 0. The third-order valence-corrected chi connectivity index (χ3v) is 2.70. The van der Waals surface area contributed by atoms with E-state index in [2.05, 4.69) is 26.4 Å². The number of nitrogens with one attached hydrogen (secondary N) is 1. The molecule has 0 aliphatic rings. The number of nitrogens with two attached hydrogens (primary N) is 1. The average Bonchev–Trinajstić information content (AvgIpc) is 2.25. The van der Waals surface area contributed by atoms with E-state index < -0.39 is 0 Å². The number of hydrogen-bond acceptors (Lipinski definition) is 3. The Morgan fingerprint density at radius 2 is 2.31 bits per heavy atom. The topological polar surface area (TPSA) is 70.6 Å². The van der Waals surface area contributed by atoms with Crippen molar-refractivity contribution in [3.05, 3.63) is 28.0 Å². The van der Waals surface area contributed by atoms with Crippen LogP contribution in [0.25, 0.3) is 0 Å². The lowest BCUT2D eigenvalue weighted by atomic mass is 10.2. The predicted octanol–water partition coefficient (Wildman–Crippen LogP) is 2.45. The molecule has 0 saturated heterocycles. The quantitative estimate of drug-likeness (QED) is 0.345. The molecule has 1 aromatic rings. The van der Waals surface area contributed by atoms with Crippen LogP contribution in [0.15, 0.2) is 21.8 Å². The third kappa shape index (κ3) is 3.37. The Hall–Kier alpha value is -1.30. The molecule has 0 saturated carbocycles. The van der Waals surface area contributed by atoms with Gasteiger partial charge in [-0.25, -0.2) is 4.39 Å². The summed E-state index contributed by atoms with van der Waals surface area (Å²) in [6, 6.07) is 3.10. The van der Waals surface area contributed by atoms with E-state index in [0.29, 0.717) is 17.4 Å². The second kappa shape index (κ2) is 5.69. The van der Waals surface area contributed by atoms with Crippen LogP contribution >= 0.6 is 15.9 Å². The lowest BCUT2D eigenvalue weighted by Gasteiger charge is -2.10.